The zero-order valence-electron chi connectivity index (χ0n) is 13.8. The van der Waals surface area contributed by atoms with E-state index >= 15 is 0 Å². The number of rotatable bonds is 5. The summed E-state index contributed by atoms with van der Waals surface area (Å²) in [5.74, 6) is -0.150. The van der Waals surface area contributed by atoms with Gasteiger partial charge in [-0.3, -0.25) is 9.59 Å². The van der Waals surface area contributed by atoms with Crippen LogP contribution in [0.25, 0.3) is 0 Å². The van der Waals surface area contributed by atoms with Crippen molar-refractivity contribution in [1.82, 2.24) is 4.90 Å². The molecule has 4 heteroatoms. The van der Waals surface area contributed by atoms with Crippen molar-refractivity contribution in [3.63, 3.8) is 0 Å². The summed E-state index contributed by atoms with van der Waals surface area (Å²) >= 11 is 0. The van der Waals surface area contributed by atoms with Crippen molar-refractivity contribution in [3.05, 3.63) is 65.2 Å². The van der Waals surface area contributed by atoms with Crippen molar-refractivity contribution in [2.75, 3.05) is 18.4 Å². The molecule has 0 radical (unpaired) electrons. The van der Waals surface area contributed by atoms with Gasteiger partial charge in [0.05, 0.1) is 0 Å². The Kier molecular flexibility index (Phi) is 5.52. The van der Waals surface area contributed by atoms with Crippen LogP contribution in [0.2, 0.25) is 0 Å². The van der Waals surface area contributed by atoms with Crippen molar-refractivity contribution in [3.8, 4) is 0 Å². The molecule has 0 aliphatic rings. The first-order valence-corrected chi connectivity index (χ1v) is 7.82. The average molecular weight is 310 g/mol. The molecule has 0 saturated carbocycles. The smallest absolute Gasteiger partial charge is 0.255 e. The van der Waals surface area contributed by atoms with Gasteiger partial charge in [-0.2, -0.15) is 0 Å². The maximum absolute atomic E-state index is 12.2. The number of hydrogen-bond donors (Lipinski definition) is 1. The van der Waals surface area contributed by atoms with Gasteiger partial charge in [0, 0.05) is 29.9 Å². The summed E-state index contributed by atoms with van der Waals surface area (Å²) in [7, 11) is 0. The summed E-state index contributed by atoms with van der Waals surface area (Å²) in [5.41, 5.74) is 2.96. The molecule has 2 aromatic rings. The van der Waals surface area contributed by atoms with E-state index in [0.29, 0.717) is 29.9 Å². The van der Waals surface area contributed by atoms with Gasteiger partial charge in [-0.15, -0.1) is 0 Å². The largest absolute Gasteiger partial charge is 0.339 e. The van der Waals surface area contributed by atoms with E-state index in [4.69, 9.17) is 0 Å². The molecule has 2 aromatic carbocycles. The number of nitrogens with zero attached hydrogens (tertiary/aromatic N) is 1. The van der Waals surface area contributed by atoms with E-state index in [9.17, 15) is 9.59 Å². The molecule has 4 nitrogen and oxygen atoms in total. The predicted octanol–water partition coefficient (Wildman–Crippen LogP) is 3.73. The number of nitrogens with one attached hydrogen (secondary N) is 1. The van der Waals surface area contributed by atoms with Gasteiger partial charge in [0.25, 0.3) is 11.8 Å². The first kappa shape index (κ1) is 16.7. The number of anilines is 1. The highest BCUT2D eigenvalue weighted by Crippen LogP contribution is 2.13. The molecule has 0 heterocycles. The minimum absolute atomic E-state index is 0.00607. The summed E-state index contributed by atoms with van der Waals surface area (Å²) in [6.45, 7) is 7.22. The standard InChI is InChI=1S/C19H22N2O2/c1-4-21(5-2)19(23)15-9-11-17(12-10-15)20-18(22)16-8-6-7-14(3)13-16/h6-13H,4-5H2,1-3H3,(H,20,22). The number of carbonyl (C=O) groups excluding carboxylic acids is 2. The Balaban J connectivity index is 2.08. The molecule has 2 rings (SSSR count). The molecule has 120 valence electrons. The van der Waals surface area contributed by atoms with Crippen molar-refractivity contribution >= 4 is 17.5 Å². The van der Waals surface area contributed by atoms with Gasteiger partial charge >= 0.3 is 0 Å². The summed E-state index contributed by atoms with van der Waals surface area (Å²) in [5, 5.41) is 2.84. The second-order valence-electron chi connectivity index (χ2n) is 5.38. The second-order valence-corrected chi connectivity index (χ2v) is 5.38. The number of carbonyl (C=O) groups is 2. The molecular weight excluding hydrogens is 288 g/mol. The fourth-order valence-corrected chi connectivity index (χ4v) is 2.38. The van der Waals surface area contributed by atoms with E-state index in [1.807, 2.05) is 39.0 Å². The van der Waals surface area contributed by atoms with Gasteiger partial charge in [-0.1, -0.05) is 17.7 Å². The van der Waals surface area contributed by atoms with Crippen molar-refractivity contribution in [1.29, 1.82) is 0 Å². The zero-order valence-corrected chi connectivity index (χ0v) is 13.8. The van der Waals surface area contributed by atoms with E-state index in [1.165, 1.54) is 0 Å². The third-order valence-electron chi connectivity index (χ3n) is 3.72. The van der Waals surface area contributed by atoms with Crippen LogP contribution >= 0.6 is 0 Å². The van der Waals surface area contributed by atoms with Crippen LogP contribution in [0.4, 0.5) is 5.69 Å². The number of amides is 2. The van der Waals surface area contributed by atoms with Gasteiger partial charge < -0.3 is 10.2 Å². The summed E-state index contributed by atoms with van der Waals surface area (Å²) in [4.78, 5) is 26.2. The normalized spacial score (nSPS) is 10.2. The van der Waals surface area contributed by atoms with Crippen LogP contribution in [0, 0.1) is 6.92 Å². The average Bonchev–Trinajstić information content (AvgIpc) is 2.56. The predicted molar refractivity (Wildman–Crippen MR) is 92.8 cm³/mol. The number of benzene rings is 2. The number of hydrogen-bond acceptors (Lipinski definition) is 2. The van der Waals surface area contributed by atoms with Crippen LogP contribution in [0.15, 0.2) is 48.5 Å². The lowest BCUT2D eigenvalue weighted by molar-refractivity contribution is 0.0773. The van der Waals surface area contributed by atoms with Crippen molar-refractivity contribution in [2.45, 2.75) is 20.8 Å². The molecule has 0 unspecified atom stereocenters. The highest BCUT2D eigenvalue weighted by Gasteiger charge is 2.12. The van der Waals surface area contributed by atoms with Gasteiger partial charge in [-0.05, 0) is 57.2 Å². The summed E-state index contributed by atoms with van der Waals surface area (Å²) < 4.78 is 0. The molecule has 0 bridgehead atoms. The Morgan fingerprint density at radius 3 is 2.17 bits per heavy atom. The molecule has 1 N–H and O–H groups in total. The SMILES string of the molecule is CCN(CC)C(=O)c1ccc(NC(=O)c2cccc(C)c2)cc1. The third-order valence-corrected chi connectivity index (χ3v) is 3.72. The molecular formula is C19H22N2O2. The van der Waals surface area contributed by atoms with E-state index in [-0.39, 0.29) is 11.8 Å². The lowest BCUT2D eigenvalue weighted by Crippen LogP contribution is -2.30. The Labute approximate surface area is 137 Å². The Bertz CT molecular complexity index is 689. The highest BCUT2D eigenvalue weighted by molar-refractivity contribution is 6.04. The van der Waals surface area contributed by atoms with Gasteiger partial charge in [0.2, 0.25) is 0 Å². The maximum Gasteiger partial charge on any atom is 0.255 e. The molecule has 0 aliphatic heterocycles. The fourth-order valence-electron chi connectivity index (χ4n) is 2.38. The van der Waals surface area contributed by atoms with E-state index in [0.717, 1.165) is 5.56 Å². The lowest BCUT2D eigenvalue weighted by Gasteiger charge is -2.18. The number of aryl methyl sites for hydroxylation is 1. The monoisotopic (exact) mass is 310 g/mol. The maximum atomic E-state index is 12.2. The molecule has 0 aliphatic carbocycles. The van der Waals surface area contributed by atoms with Crippen LogP contribution in [0.1, 0.15) is 40.1 Å². The van der Waals surface area contributed by atoms with Gasteiger partial charge in [0.15, 0.2) is 0 Å². The van der Waals surface area contributed by atoms with Gasteiger partial charge in [0.1, 0.15) is 0 Å². The fraction of sp³-hybridized carbons (Fsp3) is 0.263. The second kappa shape index (κ2) is 7.58. The summed E-state index contributed by atoms with van der Waals surface area (Å²) in [6, 6.07) is 14.4. The Hall–Kier alpha value is -2.62. The molecule has 0 aromatic heterocycles. The van der Waals surface area contributed by atoms with Crippen LogP contribution in [0.5, 0.6) is 0 Å². The van der Waals surface area contributed by atoms with Crippen LogP contribution < -0.4 is 5.32 Å². The van der Waals surface area contributed by atoms with Crippen LogP contribution in [-0.2, 0) is 0 Å². The molecule has 0 atom stereocenters. The highest BCUT2D eigenvalue weighted by atomic mass is 16.2. The first-order valence-electron chi connectivity index (χ1n) is 7.82. The third kappa shape index (κ3) is 4.19. The van der Waals surface area contributed by atoms with Gasteiger partial charge in [-0.25, -0.2) is 0 Å². The quantitative estimate of drug-likeness (QED) is 0.915. The first-order chi connectivity index (χ1) is 11.0. The van der Waals surface area contributed by atoms with Crippen LogP contribution in [0.3, 0.4) is 0 Å². The molecule has 0 fully saturated rings. The van der Waals surface area contributed by atoms with E-state index in [1.54, 1.807) is 35.2 Å². The Morgan fingerprint density at radius 1 is 0.957 bits per heavy atom. The van der Waals surface area contributed by atoms with Crippen LogP contribution in [-0.4, -0.2) is 29.8 Å². The molecule has 0 spiro atoms. The van der Waals surface area contributed by atoms with Crippen molar-refractivity contribution < 1.29 is 9.59 Å². The molecule has 23 heavy (non-hydrogen) atoms. The minimum Gasteiger partial charge on any atom is -0.339 e. The molecule has 2 amide bonds. The van der Waals surface area contributed by atoms with E-state index < -0.39 is 0 Å². The van der Waals surface area contributed by atoms with Crippen molar-refractivity contribution in [2.24, 2.45) is 0 Å². The minimum atomic E-state index is -0.156. The summed E-state index contributed by atoms with van der Waals surface area (Å²) in [6.07, 6.45) is 0. The Morgan fingerprint density at radius 2 is 1.61 bits per heavy atom. The van der Waals surface area contributed by atoms with E-state index in [2.05, 4.69) is 5.32 Å². The lowest BCUT2D eigenvalue weighted by atomic mass is 10.1. The topological polar surface area (TPSA) is 49.4 Å². The zero-order chi connectivity index (χ0) is 16.8. The molecule has 0 saturated heterocycles.